The van der Waals surface area contributed by atoms with Crippen LogP contribution in [0.15, 0.2) is 18.2 Å². The summed E-state index contributed by atoms with van der Waals surface area (Å²) >= 11 is 0. The van der Waals surface area contributed by atoms with Gasteiger partial charge in [0.1, 0.15) is 0 Å². The second kappa shape index (κ2) is 12.1. The van der Waals surface area contributed by atoms with Crippen LogP contribution in [0.3, 0.4) is 0 Å². The van der Waals surface area contributed by atoms with Gasteiger partial charge in [0, 0.05) is 0 Å². The maximum Gasteiger partial charge on any atom is 0.159 e. The van der Waals surface area contributed by atoms with Crippen molar-refractivity contribution in [2.24, 2.45) is 23.7 Å². The summed E-state index contributed by atoms with van der Waals surface area (Å²) in [5, 5.41) is 0. The summed E-state index contributed by atoms with van der Waals surface area (Å²) in [6.07, 6.45) is 21.6. The van der Waals surface area contributed by atoms with Crippen LogP contribution in [0.1, 0.15) is 109 Å². The fourth-order valence-corrected chi connectivity index (χ4v) is 6.02. The summed E-state index contributed by atoms with van der Waals surface area (Å²) in [4.78, 5) is 0. The monoisotopic (exact) mass is 404 g/mol. The highest BCUT2D eigenvalue weighted by molar-refractivity contribution is 5.18. The SMILES string of the molecule is CCCCCC1CCC(CCC(Cc2ccc(F)c(F)c2)C2CCCCC2)CC1. The van der Waals surface area contributed by atoms with E-state index >= 15 is 0 Å². The van der Waals surface area contributed by atoms with E-state index in [9.17, 15) is 8.78 Å². The van der Waals surface area contributed by atoms with Crippen molar-refractivity contribution < 1.29 is 8.78 Å². The molecular weight excluding hydrogens is 362 g/mol. The Labute approximate surface area is 177 Å². The van der Waals surface area contributed by atoms with E-state index in [4.69, 9.17) is 0 Å². The van der Waals surface area contributed by atoms with Crippen LogP contribution in [0.5, 0.6) is 0 Å². The minimum atomic E-state index is -0.723. The summed E-state index contributed by atoms with van der Waals surface area (Å²) in [5.74, 6) is 1.89. The maximum absolute atomic E-state index is 13.7. The number of rotatable bonds is 10. The zero-order chi connectivity index (χ0) is 20.5. The Hall–Kier alpha value is -0.920. The lowest BCUT2D eigenvalue weighted by Gasteiger charge is -2.33. The van der Waals surface area contributed by atoms with Crippen LogP contribution in [0.4, 0.5) is 8.78 Å². The van der Waals surface area contributed by atoms with Crippen molar-refractivity contribution in [2.45, 2.75) is 110 Å². The topological polar surface area (TPSA) is 0 Å². The van der Waals surface area contributed by atoms with E-state index in [-0.39, 0.29) is 0 Å². The Morgan fingerprint density at radius 2 is 1.52 bits per heavy atom. The molecule has 0 saturated heterocycles. The zero-order valence-electron chi connectivity index (χ0n) is 18.6. The molecule has 2 heteroatoms. The highest BCUT2D eigenvalue weighted by atomic mass is 19.2. The minimum absolute atomic E-state index is 0.641. The molecule has 1 unspecified atom stereocenters. The van der Waals surface area contributed by atoms with Gasteiger partial charge in [-0.3, -0.25) is 0 Å². The number of benzene rings is 1. The van der Waals surface area contributed by atoms with E-state index in [0.29, 0.717) is 5.92 Å². The van der Waals surface area contributed by atoms with Crippen LogP contribution in [-0.2, 0) is 6.42 Å². The Bertz CT molecular complexity index is 582. The first kappa shape index (κ1) is 22.8. The molecule has 2 aliphatic rings. The molecule has 1 aromatic carbocycles. The van der Waals surface area contributed by atoms with Crippen molar-refractivity contribution in [3.8, 4) is 0 Å². The van der Waals surface area contributed by atoms with Crippen LogP contribution >= 0.6 is 0 Å². The van der Waals surface area contributed by atoms with Crippen LogP contribution in [-0.4, -0.2) is 0 Å². The van der Waals surface area contributed by atoms with Crippen LogP contribution in [0.2, 0.25) is 0 Å². The van der Waals surface area contributed by atoms with Gasteiger partial charge in [0.15, 0.2) is 11.6 Å². The first-order chi connectivity index (χ1) is 14.2. The quantitative estimate of drug-likeness (QED) is 0.342. The van der Waals surface area contributed by atoms with Crippen LogP contribution in [0, 0.1) is 35.3 Å². The van der Waals surface area contributed by atoms with Gasteiger partial charge in [-0.15, -0.1) is 0 Å². The van der Waals surface area contributed by atoms with Gasteiger partial charge in [-0.25, -0.2) is 8.78 Å². The van der Waals surface area contributed by atoms with E-state index in [2.05, 4.69) is 6.92 Å². The van der Waals surface area contributed by atoms with Crippen molar-refractivity contribution in [3.63, 3.8) is 0 Å². The largest absolute Gasteiger partial charge is 0.204 e. The number of unbranched alkanes of at least 4 members (excludes halogenated alkanes) is 2. The zero-order valence-corrected chi connectivity index (χ0v) is 18.6. The summed E-state index contributed by atoms with van der Waals surface area (Å²) < 4.78 is 27.1. The standard InChI is InChI=1S/C27H42F2/c1-2-3-5-8-21-11-13-22(14-12-21)15-17-25(24-9-6-4-7-10-24)19-23-16-18-26(28)27(29)20-23/h16,18,20-22,24-25H,2-15,17,19H2,1H3. The Morgan fingerprint density at radius 1 is 0.828 bits per heavy atom. The lowest BCUT2D eigenvalue weighted by Crippen LogP contribution is -2.22. The maximum atomic E-state index is 13.7. The number of hydrogen-bond donors (Lipinski definition) is 0. The van der Waals surface area contributed by atoms with Gasteiger partial charge in [0.05, 0.1) is 0 Å². The molecular formula is C27H42F2. The normalized spacial score (nSPS) is 24.5. The second-order valence-electron chi connectivity index (χ2n) is 10.1. The molecule has 0 nitrogen and oxygen atoms in total. The van der Waals surface area contributed by atoms with Crippen molar-refractivity contribution in [2.75, 3.05) is 0 Å². The fraction of sp³-hybridized carbons (Fsp3) is 0.778. The van der Waals surface area contributed by atoms with Crippen molar-refractivity contribution in [3.05, 3.63) is 35.4 Å². The molecule has 0 aliphatic heterocycles. The highest BCUT2D eigenvalue weighted by Crippen LogP contribution is 2.39. The summed E-state index contributed by atoms with van der Waals surface area (Å²) in [7, 11) is 0. The molecule has 0 heterocycles. The molecule has 0 amide bonds. The van der Waals surface area contributed by atoms with Crippen LogP contribution in [0.25, 0.3) is 0 Å². The molecule has 1 atom stereocenters. The molecule has 0 spiro atoms. The summed E-state index contributed by atoms with van der Waals surface area (Å²) in [6.45, 7) is 2.29. The lowest BCUT2D eigenvalue weighted by molar-refractivity contribution is 0.196. The molecule has 2 fully saturated rings. The molecule has 0 aromatic heterocycles. The van der Waals surface area contributed by atoms with E-state index in [1.165, 1.54) is 108 Å². The average molecular weight is 405 g/mol. The first-order valence-corrected chi connectivity index (χ1v) is 12.6. The van der Waals surface area contributed by atoms with Crippen LogP contribution < -0.4 is 0 Å². The van der Waals surface area contributed by atoms with Crippen molar-refractivity contribution in [1.29, 1.82) is 0 Å². The molecule has 2 aliphatic carbocycles. The Balaban J connectivity index is 1.50. The number of halogens is 2. The average Bonchev–Trinajstić information content (AvgIpc) is 2.75. The molecule has 29 heavy (non-hydrogen) atoms. The van der Waals surface area contributed by atoms with Gasteiger partial charge in [0.25, 0.3) is 0 Å². The third-order valence-electron chi connectivity index (χ3n) is 7.93. The first-order valence-electron chi connectivity index (χ1n) is 12.6. The second-order valence-corrected chi connectivity index (χ2v) is 10.1. The van der Waals surface area contributed by atoms with E-state index in [1.54, 1.807) is 6.07 Å². The Kier molecular flexibility index (Phi) is 9.46. The van der Waals surface area contributed by atoms with E-state index in [0.717, 1.165) is 29.7 Å². The van der Waals surface area contributed by atoms with Gasteiger partial charge >= 0.3 is 0 Å². The summed E-state index contributed by atoms with van der Waals surface area (Å²) in [5.41, 5.74) is 0.985. The molecule has 0 bridgehead atoms. The molecule has 2 saturated carbocycles. The molecule has 164 valence electrons. The molecule has 0 N–H and O–H groups in total. The van der Waals surface area contributed by atoms with Crippen molar-refractivity contribution in [1.82, 2.24) is 0 Å². The lowest BCUT2D eigenvalue weighted by atomic mass is 9.72. The van der Waals surface area contributed by atoms with Gasteiger partial charge in [0.2, 0.25) is 0 Å². The Morgan fingerprint density at radius 3 is 2.17 bits per heavy atom. The molecule has 1 aromatic rings. The molecule has 3 rings (SSSR count). The van der Waals surface area contributed by atoms with Crippen molar-refractivity contribution >= 4 is 0 Å². The third-order valence-corrected chi connectivity index (χ3v) is 7.93. The predicted molar refractivity (Wildman–Crippen MR) is 119 cm³/mol. The van der Waals surface area contributed by atoms with Gasteiger partial charge in [-0.05, 0) is 54.2 Å². The molecule has 0 radical (unpaired) electrons. The van der Waals surface area contributed by atoms with E-state index < -0.39 is 11.6 Å². The third kappa shape index (κ3) is 7.37. The van der Waals surface area contributed by atoms with Gasteiger partial charge in [-0.1, -0.05) is 103 Å². The summed E-state index contributed by atoms with van der Waals surface area (Å²) in [6, 6.07) is 4.55. The number of hydrogen-bond acceptors (Lipinski definition) is 0. The fourth-order valence-electron chi connectivity index (χ4n) is 6.02. The van der Waals surface area contributed by atoms with E-state index in [1.807, 2.05) is 0 Å². The minimum Gasteiger partial charge on any atom is -0.204 e. The predicted octanol–water partition coefficient (Wildman–Crippen LogP) is 8.87. The van der Waals surface area contributed by atoms with Gasteiger partial charge < -0.3 is 0 Å². The highest BCUT2D eigenvalue weighted by Gasteiger charge is 2.27. The smallest absolute Gasteiger partial charge is 0.159 e. The van der Waals surface area contributed by atoms with Gasteiger partial charge in [-0.2, -0.15) is 0 Å².